The van der Waals surface area contributed by atoms with Crippen LogP contribution in [-0.4, -0.2) is 68.5 Å². The molecule has 2 N–H and O–H groups in total. The Morgan fingerprint density at radius 3 is 1.47 bits per heavy atom. The van der Waals surface area contributed by atoms with E-state index in [2.05, 4.69) is 61.7 Å². The van der Waals surface area contributed by atoms with Crippen LogP contribution >= 0.6 is 7.82 Å². The first-order valence-corrected chi connectivity index (χ1v) is 25.6. The van der Waals surface area contributed by atoms with Crippen molar-refractivity contribution < 1.29 is 32.9 Å². The number of allylic oxidation sites excluding steroid dienone is 9. The van der Waals surface area contributed by atoms with E-state index >= 15 is 0 Å². The van der Waals surface area contributed by atoms with Crippen LogP contribution in [0.3, 0.4) is 0 Å². The maximum atomic E-state index is 12.8. The molecule has 9 heteroatoms. The maximum Gasteiger partial charge on any atom is 0.268 e. The van der Waals surface area contributed by atoms with Crippen LogP contribution in [0.2, 0.25) is 0 Å². The Bertz CT molecular complexity index is 1140. The van der Waals surface area contributed by atoms with Gasteiger partial charge in [0.25, 0.3) is 7.82 Å². The van der Waals surface area contributed by atoms with Crippen molar-refractivity contribution in [3.05, 3.63) is 60.8 Å². The van der Waals surface area contributed by atoms with Gasteiger partial charge in [0.1, 0.15) is 13.2 Å². The maximum absolute atomic E-state index is 12.8. The van der Waals surface area contributed by atoms with Crippen molar-refractivity contribution in [3.63, 3.8) is 0 Å². The third-order valence-corrected chi connectivity index (χ3v) is 11.4. The summed E-state index contributed by atoms with van der Waals surface area (Å²) in [4.78, 5) is 25.3. The summed E-state index contributed by atoms with van der Waals surface area (Å²) in [6.45, 7) is 4.56. The van der Waals surface area contributed by atoms with E-state index in [1.165, 1.54) is 135 Å². The normalized spacial score (nSPS) is 14.8. The molecular weight excluding hydrogens is 756 g/mol. The van der Waals surface area contributed by atoms with Gasteiger partial charge in [0.15, 0.2) is 0 Å². The van der Waals surface area contributed by atoms with Gasteiger partial charge in [-0.15, -0.1) is 0 Å². The van der Waals surface area contributed by atoms with E-state index in [4.69, 9.17) is 9.05 Å². The third kappa shape index (κ3) is 44.1. The largest absolute Gasteiger partial charge is 0.756 e. The molecule has 8 nitrogen and oxygen atoms in total. The molecule has 0 bridgehead atoms. The van der Waals surface area contributed by atoms with E-state index in [1.54, 1.807) is 6.08 Å². The topological polar surface area (TPSA) is 108 Å². The highest BCUT2D eigenvalue weighted by atomic mass is 31.2. The van der Waals surface area contributed by atoms with Gasteiger partial charge in [0.2, 0.25) is 5.91 Å². The summed E-state index contributed by atoms with van der Waals surface area (Å²) in [5.41, 5.74) is 0. The fourth-order valence-corrected chi connectivity index (χ4v) is 7.31. The second-order valence-corrected chi connectivity index (χ2v) is 18.8. The molecule has 0 aliphatic heterocycles. The predicted octanol–water partition coefficient (Wildman–Crippen LogP) is 13.2. The number of likely N-dealkylation sites (N-methyl/N-ethyl adjacent to an activating group) is 1. The zero-order chi connectivity index (χ0) is 43.6. The van der Waals surface area contributed by atoms with Gasteiger partial charge in [0.05, 0.1) is 39.9 Å². The van der Waals surface area contributed by atoms with E-state index < -0.39 is 26.6 Å². The van der Waals surface area contributed by atoms with Crippen molar-refractivity contribution in [3.8, 4) is 0 Å². The first kappa shape index (κ1) is 57.2. The molecular formula is C50H93N2O6P. The van der Waals surface area contributed by atoms with Gasteiger partial charge in [0, 0.05) is 6.42 Å². The van der Waals surface area contributed by atoms with Gasteiger partial charge in [-0.05, 0) is 64.2 Å². The Kier molecular flexibility index (Phi) is 40.3. The number of quaternary nitrogens is 1. The van der Waals surface area contributed by atoms with Crippen LogP contribution in [0.1, 0.15) is 200 Å². The number of carbonyl (C=O) groups is 1. The first-order chi connectivity index (χ1) is 28.5. The van der Waals surface area contributed by atoms with Crippen molar-refractivity contribution in [2.45, 2.75) is 212 Å². The number of amides is 1. The average molecular weight is 849 g/mol. The summed E-state index contributed by atoms with van der Waals surface area (Å²) < 4.78 is 23.2. The highest BCUT2D eigenvalue weighted by Gasteiger charge is 2.23. The van der Waals surface area contributed by atoms with E-state index in [0.29, 0.717) is 17.4 Å². The second-order valence-electron chi connectivity index (χ2n) is 17.4. The number of hydrogen-bond donors (Lipinski definition) is 2. The van der Waals surface area contributed by atoms with Crippen molar-refractivity contribution in [1.29, 1.82) is 0 Å². The number of unbranched alkanes of at least 4 members (excludes halogenated alkanes) is 22. The molecule has 0 fully saturated rings. The number of carbonyl (C=O) groups excluding carboxylic acids is 1. The molecule has 0 aromatic heterocycles. The number of hydrogen-bond acceptors (Lipinski definition) is 6. The number of nitrogens with zero attached hydrogens (tertiary/aromatic N) is 1. The van der Waals surface area contributed by atoms with E-state index in [9.17, 15) is 19.4 Å². The van der Waals surface area contributed by atoms with Gasteiger partial charge in [-0.25, -0.2) is 0 Å². The van der Waals surface area contributed by atoms with E-state index in [1.807, 2.05) is 33.3 Å². The summed E-state index contributed by atoms with van der Waals surface area (Å²) in [6.07, 6.45) is 54.5. The Morgan fingerprint density at radius 1 is 0.593 bits per heavy atom. The number of nitrogens with one attached hydrogen (secondary N) is 1. The van der Waals surface area contributed by atoms with Crippen LogP contribution in [0.4, 0.5) is 0 Å². The molecule has 0 aromatic carbocycles. The fourth-order valence-electron chi connectivity index (χ4n) is 6.59. The van der Waals surface area contributed by atoms with Gasteiger partial charge in [-0.3, -0.25) is 9.36 Å². The molecule has 0 radical (unpaired) electrons. The van der Waals surface area contributed by atoms with Gasteiger partial charge < -0.3 is 28.8 Å². The molecule has 0 heterocycles. The summed E-state index contributed by atoms with van der Waals surface area (Å²) in [6, 6.07) is -0.941. The number of phosphoric ester groups is 1. The van der Waals surface area contributed by atoms with Crippen LogP contribution < -0.4 is 10.2 Å². The molecule has 0 saturated heterocycles. The minimum absolute atomic E-state index is 0.0202. The lowest BCUT2D eigenvalue weighted by Gasteiger charge is -2.29. The van der Waals surface area contributed by atoms with Crippen LogP contribution in [-0.2, 0) is 18.4 Å². The Morgan fingerprint density at radius 2 is 1.00 bits per heavy atom. The summed E-state index contributed by atoms with van der Waals surface area (Å²) in [5.74, 6) is -0.280. The van der Waals surface area contributed by atoms with Crippen LogP contribution in [0.15, 0.2) is 60.8 Å². The minimum Gasteiger partial charge on any atom is -0.756 e. The van der Waals surface area contributed by atoms with Crippen LogP contribution in [0.5, 0.6) is 0 Å². The standard InChI is InChI=1S/C50H93N2O6P/c1-6-8-10-12-14-16-18-20-21-22-23-24-25-26-27-28-29-30-32-33-35-37-39-41-43-49(53)48(47-58-59(55,56)57-46-45-52(3,4)5)51-50(54)44-42-40-38-36-34-31-19-17-15-13-11-9-7-2/h28-29,31,33-35,38,40-41,43,48-49,53H,6-27,30,32,36-37,39,42,44-47H2,1-5H3,(H-,51,54,55,56)/b29-28+,34-31-,35-33+,40-38-,43-41+. The third-order valence-electron chi connectivity index (χ3n) is 10.4. The molecule has 3 unspecified atom stereocenters. The fraction of sp³-hybridized carbons (Fsp3) is 0.780. The monoisotopic (exact) mass is 849 g/mol. The lowest BCUT2D eigenvalue weighted by molar-refractivity contribution is -0.870. The molecule has 1 amide bonds. The smallest absolute Gasteiger partial charge is 0.268 e. The minimum atomic E-state index is -4.62. The molecule has 0 rings (SSSR count). The average Bonchev–Trinajstić information content (AvgIpc) is 3.19. The first-order valence-electron chi connectivity index (χ1n) is 24.2. The molecule has 0 aliphatic rings. The van der Waals surface area contributed by atoms with Crippen LogP contribution in [0.25, 0.3) is 0 Å². The van der Waals surface area contributed by atoms with Gasteiger partial charge in [-0.1, -0.05) is 190 Å². The van der Waals surface area contributed by atoms with E-state index in [0.717, 1.165) is 38.5 Å². The van der Waals surface area contributed by atoms with Crippen molar-refractivity contribution >= 4 is 13.7 Å². The lowest BCUT2D eigenvalue weighted by atomic mass is 10.0. The molecule has 0 aromatic rings. The predicted molar refractivity (Wildman–Crippen MR) is 251 cm³/mol. The molecule has 0 saturated carbocycles. The number of rotatable bonds is 43. The summed E-state index contributed by atoms with van der Waals surface area (Å²) in [7, 11) is 1.20. The molecule has 344 valence electrons. The highest BCUT2D eigenvalue weighted by Crippen LogP contribution is 2.38. The Labute approximate surface area is 364 Å². The van der Waals surface area contributed by atoms with Crippen molar-refractivity contribution in [2.24, 2.45) is 0 Å². The van der Waals surface area contributed by atoms with Crippen LogP contribution in [0, 0.1) is 0 Å². The highest BCUT2D eigenvalue weighted by molar-refractivity contribution is 7.45. The van der Waals surface area contributed by atoms with Crippen molar-refractivity contribution in [2.75, 3.05) is 40.9 Å². The summed E-state index contributed by atoms with van der Waals surface area (Å²) in [5, 5.41) is 13.7. The van der Waals surface area contributed by atoms with Crippen molar-refractivity contribution in [1.82, 2.24) is 5.32 Å². The lowest BCUT2D eigenvalue weighted by Crippen LogP contribution is -2.45. The zero-order valence-corrected chi connectivity index (χ0v) is 39.8. The second kappa shape index (κ2) is 41.5. The van der Waals surface area contributed by atoms with Gasteiger partial charge >= 0.3 is 0 Å². The number of aliphatic hydroxyl groups is 1. The Balaban J connectivity index is 4.45. The SMILES string of the molecule is CCCCCCCC/C=C\C/C=C\CCC(=O)NC(COP(=O)([O-])OCC[N+](C)(C)C)C(O)/C=C/CC/C=C/CC/C=C/CCCCCCCCCCCCCCCC. The number of aliphatic hydroxyl groups excluding tert-OH is 1. The number of phosphoric acid groups is 1. The zero-order valence-electron chi connectivity index (χ0n) is 38.9. The molecule has 59 heavy (non-hydrogen) atoms. The molecule has 0 aliphatic carbocycles. The Hall–Kier alpha value is -1.80. The van der Waals surface area contributed by atoms with E-state index in [-0.39, 0.29) is 18.9 Å². The van der Waals surface area contributed by atoms with Gasteiger partial charge in [-0.2, -0.15) is 0 Å². The molecule has 3 atom stereocenters. The quantitative estimate of drug-likeness (QED) is 0.0274. The summed E-state index contributed by atoms with van der Waals surface area (Å²) >= 11 is 0. The molecule has 0 spiro atoms.